The Morgan fingerprint density at radius 3 is 2.61 bits per heavy atom. The Kier molecular flexibility index (Phi) is 4.98. The molecule has 1 aromatic heterocycles. The van der Waals surface area contributed by atoms with Gasteiger partial charge in [-0.25, -0.2) is 4.98 Å². The molecule has 1 aliphatic heterocycles. The molecule has 6 heteroatoms. The first kappa shape index (κ1) is 16.0. The first-order valence-corrected chi connectivity index (χ1v) is 8.40. The summed E-state index contributed by atoms with van der Waals surface area (Å²) in [6.07, 6.45) is 1.83. The first-order valence-electron chi connectivity index (χ1n) is 7.61. The quantitative estimate of drug-likeness (QED) is 0.840. The van der Waals surface area contributed by atoms with Crippen LogP contribution in [-0.2, 0) is 0 Å². The summed E-state index contributed by atoms with van der Waals surface area (Å²) >= 11 is 11.5. The lowest BCUT2D eigenvalue weighted by Gasteiger charge is -2.36. The third-order valence-corrected chi connectivity index (χ3v) is 4.57. The van der Waals surface area contributed by atoms with Gasteiger partial charge in [-0.3, -0.25) is 0 Å². The highest BCUT2D eigenvalue weighted by molar-refractivity contribution is 7.80. The summed E-state index contributed by atoms with van der Waals surface area (Å²) in [5, 5.41) is 4.83. The number of anilines is 2. The number of piperazine rings is 1. The average molecular weight is 347 g/mol. The number of nitrogens with one attached hydrogen (secondary N) is 1. The number of halogens is 1. The van der Waals surface area contributed by atoms with E-state index in [0.717, 1.165) is 53.4 Å². The van der Waals surface area contributed by atoms with Crippen LogP contribution in [0, 0.1) is 6.92 Å². The Bertz CT molecular complexity index is 684. The number of rotatable bonds is 2. The normalized spacial score (nSPS) is 14.7. The van der Waals surface area contributed by atoms with E-state index in [1.54, 1.807) is 0 Å². The standard InChI is InChI=1S/C17H19ClN4S/c1-13-12-14(18)5-6-15(13)20-17(23)22-10-8-21(9-11-22)16-4-2-3-7-19-16/h2-7,12H,8-11H2,1H3,(H,20,23). The van der Waals surface area contributed by atoms with Crippen molar-refractivity contribution >= 4 is 40.4 Å². The maximum absolute atomic E-state index is 5.99. The zero-order valence-corrected chi connectivity index (χ0v) is 14.6. The lowest BCUT2D eigenvalue weighted by atomic mass is 10.2. The minimum Gasteiger partial charge on any atom is -0.353 e. The number of pyridine rings is 1. The Morgan fingerprint density at radius 2 is 1.96 bits per heavy atom. The Labute approximate surface area is 147 Å². The summed E-state index contributed by atoms with van der Waals surface area (Å²) in [6.45, 7) is 5.62. The summed E-state index contributed by atoms with van der Waals surface area (Å²) in [5.74, 6) is 1.03. The van der Waals surface area contributed by atoms with Crippen LogP contribution < -0.4 is 10.2 Å². The van der Waals surface area contributed by atoms with Crippen molar-refractivity contribution in [2.45, 2.75) is 6.92 Å². The lowest BCUT2D eigenvalue weighted by Crippen LogP contribution is -2.50. The number of hydrogen-bond acceptors (Lipinski definition) is 3. The van der Waals surface area contributed by atoms with Gasteiger partial charge in [-0.15, -0.1) is 0 Å². The number of aromatic nitrogens is 1. The molecule has 0 saturated carbocycles. The fourth-order valence-electron chi connectivity index (χ4n) is 2.64. The van der Waals surface area contributed by atoms with E-state index < -0.39 is 0 Å². The van der Waals surface area contributed by atoms with Crippen LogP contribution in [0.2, 0.25) is 5.02 Å². The number of aryl methyl sites for hydroxylation is 1. The molecule has 0 aliphatic carbocycles. The molecule has 1 aromatic carbocycles. The second-order valence-corrected chi connectivity index (χ2v) is 6.37. The molecule has 0 amide bonds. The van der Waals surface area contributed by atoms with E-state index in [4.69, 9.17) is 23.8 Å². The van der Waals surface area contributed by atoms with Crippen molar-refractivity contribution in [2.24, 2.45) is 0 Å². The van der Waals surface area contributed by atoms with Crippen LogP contribution in [0.3, 0.4) is 0 Å². The molecule has 3 rings (SSSR count). The number of nitrogens with zero attached hydrogens (tertiary/aromatic N) is 3. The van der Waals surface area contributed by atoms with Gasteiger partial charge in [0.15, 0.2) is 5.11 Å². The van der Waals surface area contributed by atoms with Crippen LogP contribution in [-0.4, -0.2) is 41.2 Å². The summed E-state index contributed by atoms with van der Waals surface area (Å²) in [6, 6.07) is 11.8. The van der Waals surface area contributed by atoms with Crippen molar-refractivity contribution in [3.63, 3.8) is 0 Å². The van der Waals surface area contributed by atoms with Crippen LogP contribution in [0.5, 0.6) is 0 Å². The van der Waals surface area contributed by atoms with Crippen molar-refractivity contribution in [2.75, 3.05) is 36.4 Å². The van der Waals surface area contributed by atoms with Gasteiger partial charge in [0, 0.05) is 43.1 Å². The van der Waals surface area contributed by atoms with Crippen molar-refractivity contribution in [3.8, 4) is 0 Å². The zero-order valence-electron chi connectivity index (χ0n) is 13.0. The summed E-state index contributed by atoms with van der Waals surface area (Å²) in [5.41, 5.74) is 2.10. The number of thiocarbonyl (C=S) groups is 1. The van der Waals surface area contributed by atoms with Gasteiger partial charge in [0.2, 0.25) is 0 Å². The van der Waals surface area contributed by atoms with Crippen LogP contribution in [0.15, 0.2) is 42.6 Å². The molecule has 0 spiro atoms. The molecule has 1 fully saturated rings. The van der Waals surface area contributed by atoms with Crippen molar-refractivity contribution in [1.82, 2.24) is 9.88 Å². The predicted octanol–water partition coefficient (Wildman–Crippen LogP) is 3.56. The minimum absolute atomic E-state index is 0.739. The largest absolute Gasteiger partial charge is 0.353 e. The SMILES string of the molecule is Cc1cc(Cl)ccc1NC(=S)N1CCN(c2ccccn2)CC1. The van der Waals surface area contributed by atoms with Gasteiger partial charge in [-0.1, -0.05) is 17.7 Å². The predicted molar refractivity (Wildman–Crippen MR) is 100 cm³/mol. The first-order chi connectivity index (χ1) is 11.1. The van der Waals surface area contributed by atoms with Crippen molar-refractivity contribution in [3.05, 3.63) is 53.2 Å². The highest BCUT2D eigenvalue weighted by atomic mass is 35.5. The van der Waals surface area contributed by atoms with Gasteiger partial charge in [-0.2, -0.15) is 0 Å². The lowest BCUT2D eigenvalue weighted by molar-refractivity contribution is 0.389. The van der Waals surface area contributed by atoms with E-state index in [2.05, 4.69) is 20.1 Å². The highest BCUT2D eigenvalue weighted by Crippen LogP contribution is 2.20. The van der Waals surface area contributed by atoms with Gasteiger partial charge in [0.25, 0.3) is 0 Å². The molecule has 2 aromatic rings. The third-order valence-electron chi connectivity index (χ3n) is 3.97. The highest BCUT2D eigenvalue weighted by Gasteiger charge is 2.20. The van der Waals surface area contributed by atoms with Gasteiger partial charge in [0.05, 0.1) is 0 Å². The number of benzene rings is 1. The molecule has 0 radical (unpaired) electrons. The molecule has 0 atom stereocenters. The Morgan fingerprint density at radius 1 is 1.17 bits per heavy atom. The molecule has 1 saturated heterocycles. The molecule has 1 aliphatic rings. The van der Waals surface area contributed by atoms with Crippen LogP contribution >= 0.6 is 23.8 Å². The summed E-state index contributed by atoms with van der Waals surface area (Å²) < 4.78 is 0. The van der Waals surface area contributed by atoms with Crippen molar-refractivity contribution < 1.29 is 0 Å². The molecule has 0 unspecified atom stereocenters. The molecule has 0 bridgehead atoms. The monoisotopic (exact) mass is 346 g/mol. The average Bonchev–Trinajstić information content (AvgIpc) is 2.58. The van der Waals surface area contributed by atoms with Gasteiger partial charge < -0.3 is 15.1 Å². The van der Waals surface area contributed by atoms with E-state index >= 15 is 0 Å². The van der Waals surface area contributed by atoms with Crippen molar-refractivity contribution in [1.29, 1.82) is 0 Å². The Balaban J connectivity index is 1.58. The van der Waals surface area contributed by atoms with E-state index in [-0.39, 0.29) is 0 Å². The second kappa shape index (κ2) is 7.15. The van der Waals surface area contributed by atoms with E-state index in [0.29, 0.717) is 0 Å². The van der Waals surface area contributed by atoms with Crippen LogP contribution in [0.25, 0.3) is 0 Å². The Hall–Kier alpha value is -1.85. The van der Waals surface area contributed by atoms with Crippen LogP contribution in [0.1, 0.15) is 5.56 Å². The van der Waals surface area contributed by atoms with E-state index in [1.165, 1.54) is 0 Å². The smallest absolute Gasteiger partial charge is 0.173 e. The maximum Gasteiger partial charge on any atom is 0.173 e. The van der Waals surface area contributed by atoms with Gasteiger partial charge in [0.1, 0.15) is 5.82 Å². The minimum atomic E-state index is 0.739. The second-order valence-electron chi connectivity index (χ2n) is 5.55. The fraction of sp³-hybridized carbons (Fsp3) is 0.294. The molecular weight excluding hydrogens is 328 g/mol. The molecule has 1 N–H and O–H groups in total. The van der Waals surface area contributed by atoms with Gasteiger partial charge >= 0.3 is 0 Å². The maximum atomic E-state index is 5.99. The van der Waals surface area contributed by atoms with E-state index in [9.17, 15) is 0 Å². The topological polar surface area (TPSA) is 31.4 Å². The van der Waals surface area contributed by atoms with Crippen LogP contribution in [0.4, 0.5) is 11.5 Å². The summed E-state index contributed by atoms with van der Waals surface area (Å²) in [7, 11) is 0. The zero-order chi connectivity index (χ0) is 16.2. The fourth-order valence-corrected chi connectivity index (χ4v) is 3.16. The third kappa shape index (κ3) is 3.92. The number of hydrogen-bond donors (Lipinski definition) is 1. The molecule has 23 heavy (non-hydrogen) atoms. The van der Waals surface area contributed by atoms with Gasteiger partial charge in [-0.05, 0) is 55.0 Å². The molecule has 120 valence electrons. The molecular formula is C17H19ClN4S. The summed E-state index contributed by atoms with van der Waals surface area (Å²) in [4.78, 5) is 8.89. The molecule has 2 heterocycles. The molecule has 4 nitrogen and oxygen atoms in total. The van der Waals surface area contributed by atoms with E-state index in [1.807, 2.05) is 49.5 Å².